The van der Waals surface area contributed by atoms with Crippen molar-refractivity contribution in [3.8, 4) is 0 Å². The minimum absolute atomic E-state index is 0.104. The molecule has 0 fully saturated rings. The van der Waals surface area contributed by atoms with Gasteiger partial charge in [0.2, 0.25) is 5.91 Å². The molecule has 0 aliphatic rings. The zero-order valence-electron chi connectivity index (χ0n) is 15.1. The van der Waals surface area contributed by atoms with Crippen LogP contribution in [0.1, 0.15) is 36.0 Å². The summed E-state index contributed by atoms with van der Waals surface area (Å²) in [7, 11) is 0. The van der Waals surface area contributed by atoms with Gasteiger partial charge in [-0.05, 0) is 48.1 Å². The van der Waals surface area contributed by atoms with Crippen LogP contribution >= 0.6 is 15.9 Å². The second-order valence-corrected chi connectivity index (χ2v) is 7.44. The third-order valence-electron chi connectivity index (χ3n) is 4.32. The molecule has 3 rings (SSSR count). The molecule has 1 amide bonds. The number of nitrogens with one attached hydrogen (secondary N) is 1. The molecule has 3 aromatic rings. The molecule has 0 unspecified atom stereocenters. The van der Waals surface area contributed by atoms with Gasteiger partial charge in [-0.3, -0.25) is 4.79 Å². The molecule has 0 atom stereocenters. The smallest absolute Gasteiger partial charge is 0.220 e. The minimum Gasteiger partial charge on any atom is -0.352 e. The highest BCUT2D eigenvalue weighted by Crippen LogP contribution is 2.13. The third kappa shape index (κ3) is 6.64. The minimum atomic E-state index is 0.104. The van der Waals surface area contributed by atoms with Gasteiger partial charge in [-0.25, -0.2) is 9.67 Å². The molecular weight excluding hydrogens is 404 g/mol. The first-order valence-corrected chi connectivity index (χ1v) is 9.90. The molecule has 27 heavy (non-hydrogen) atoms. The Morgan fingerprint density at radius 3 is 2.63 bits per heavy atom. The van der Waals surface area contributed by atoms with Crippen LogP contribution in [0.5, 0.6) is 0 Å². The summed E-state index contributed by atoms with van der Waals surface area (Å²) in [5.41, 5.74) is 3.54. The van der Waals surface area contributed by atoms with E-state index in [-0.39, 0.29) is 5.91 Å². The normalized spacial score (nSPS) is 10.7. The van der Waals surface area contributed by atoms with E-state index < -0.39 is 0 Å². The molecule has 0 aliphatic carbocycles. The van der Waals surface area contributed by atoms with Crippen LogP contribution in [0.3, 0.4) is 0 Å². The quantitative estimate of drug-likeness (QED) is 0.523. The maximum atomic E-state index is 12.1. The number of nitrogens with zero attached hydrogens (tertiary/aromatic N) is 3. The summed E-state index contributed by atoms with van der Waals surface area (Å²) in [5, 5.41) is 7.13. The van der Waals surface area contributed by atoms with Crippen LogP contribution < -0.4 is 5.32 Å². The number of hydrogen-bond donors (Lipinski definition) is 1. The summed E-state index contributed by atoms with van der Waals surface area (Å²) >= 11 is 3.44. The molecule has 0 bridgehead atoms. The van der Waals surface area contributed by atoms with Crippen LogP contribution in [0, 0.1) is 0 Å². The van der Waals surface area contributed by atoms with Crippen LogP contribution in [0.2, 0.25) is 0 Å². The maximum Gasteiger partial charge on any atom is 0.220 e. The van der Waals surface area contributed by atoms with Crippen LogP contribution in [0.15, 0.2) is 65.7 Å². The molecule has 0 spiro atoms. The van der Waals surface area contributed by atoms with E-state index in [4.69, 9.17) is 0 Å². The number of amides is 1. The van der Waals surface area contributed by atoms with Crippen LogP contribution in [0.25, 0.3) is 0 Å². The van der Waals surface area contributed by atoms with Crippen molar-refractivity contribution in [3.63, 3.8) is 0 Å². The first kappa shape index (κ1) is 19.3. The highest BCUT2D eigenvalue weighted by Gasteiger charge is 2.03. The van der Waals surface area contributed by atoms with E-state index in [1.54, 1.807) is 11.0 Å². The zero-order chi connectivity index (χ0) is 18.9. The summed E-state index contributed by atoms with van der Waals surface area (Å²) in [5.74, 6) is 0.104. The molecular formula is C21H23BrN4O. The standard InChI is InChI=1S/C21H23BrN4O/c22-20-10-8-17(9-11-20)4-1-2-7-21(27)24-13-18-5-3-6-19(12-18)14-26-16-23-15-25-26/h3,5-6,8-12,15-16H,1-2,4,7,13-14H2,(H,24,27). The predicted molar refractivity (Wildman–Crippen MR) is 109 cm³/mol. The Balaban J connectivity index is 1.36. The fourth-order valence-electron chi connectivity index (χ4n) is 2.89. The van der Waals surface area contributed by atoms with Crippen molar-refractivity contribution >= 4 is 21.8 Å². The van der Waals surface area contributed by atoms with Crippen LogP contribution in [0.4, 0.5) is 0 Å². The molecule has 0 radical (unpaired) electrons. The topological polar surface area (TPSA) is 59.8 Å². The number of hydrogen-bond acceptors (Lipinski definition) is 3. The molecule has 6 heteroatoms. The van der Waals surface area contributed by atoms with Crippen LogP contribution in [-0.4, -0.2) is 20.7 Å². The van der Waals surface area contributed by atoms with E-state index in [9.17, 15) is 4.79 Å². The Labute approximate surface area is 168 Å². The van der Waals surface area contributed by atoms with Gasteiger partial charge in [0, 0.05) is 17.4 Å². The fraction of sp³-hybridized carbons (Fsp3) is 0.286. The lowest BCUT2D eigenvalue weighted by Crippen LogP contribution is -2.22. The van der Waals surface area contributed by atoms with Crippen molar-refractivity contribution in [3.05, 3.63) is 82.3 Å². The molecule has 1 heterocycles. The number of unbranched alkanes of at least 4 members (excludes halogenated alkanes) is 1. The van der Waals surface area contributed by atoms with Gasteiger partial charge in [0.25, 0.3) is 0 Å². The van der Waals surface area contributed by atoms with Gasteiger partial charge in [-0.1, -0.05) is 52.3 Å². The highest BCUT2D eigenvalue weighted by molar-refractivity contribution is 9.10. The Morgan fingerprint density at radius 2 is 1.85 bits per heavy atom. The number of benzene rings is 2. The van der Waals surface area contributed by atoms with Gasteiger partial charge < -0.3 is 5.32 Å². The zero-order valence-corrected chi connectivity index (χ0v) is 16.7. The van der Waals surface area contributed by atoms with Crippen molar-refractivity contribution in [2.24, 2.45) is 0 Å². The van der Waals surface area contributed by atoms with E-state index >= 15 is 0 Å². The average Bonchev–Trinajstić information content (AvgIpc) is 3.18. The number of carbonyl (C=O) groups is 1. The van der Waals surface area contributed by atoms with Crippen molar-refractivity contribution in [1.29, 1.82) is 0 Å². The third-order valence-corrected chi connectivity index (χ3v) is 4.85. The van der Waals surface area contributed by atoms with Crippen LogP contribution in [-0.2, 0) is 24.3 Å². The number of aromatic nitrogens is 3. The Hall–Kier alpha value is -2.47. The van der Waals surface area contributed by atoms with Crippen molar-refractivity contribution in [1.82, 2.24) is 20.1 Å². The van der Waals surface area contributed by atoms with Gasteiger partial charge in [-0.15, -0.1) is 0 Å². The first-order chi connectivity index (χ1) is 13.2. The molecule has 1 aromatic heterocycles. The second kappa shape index (κ2) is 10.0. The van der Waals surface area contributed by atoms with Gasteiger partial charge in [-0.2, -0.15) is 5.10 Å². The van der Waals surface area contributed by atoms with Crippen molar-refractivity contribution < 1.29 is 4.79 Å². The Kier molecular flexibility index (Phi) is 7.16. The van der Waals surface area contributed by atoms with Crippen molar-refractivity contribution in [2.75, 3.05) is 0 Å². The van der Waals surface area contributed by atoms with E-state index in [2.05, 4.69) is 67.7 Å². The van der Waals surface area contributed by atoms with Gasteiger partial charge >= 0.3 is 0 Å². The van der Waals surface area contributed by atoms with Gasteiger partial charge in [0.15, 0.2) is 0 Å². The lowest BCUT2D eigenvalue weighted by atomic mass is 10.1. The number of rotatable bonds is 9. The van der Waals surface area contributed by atoms with Gasteiger partial charge in [0.05, 0.1) is 6.54 Å². The largest absolute Gasteiger partial charge is 0.352 e. The molecule has 0 saturated carbocycles. The average molecular weight is 427 g/mol. The molecule has 0 saturated heterocycles. The first-order valence-electron chi connectivity index (χ1n) is 9.10. The van der Waals surface area contributed by atoms with E-state index in [1.807, 2.05) is 12.1 Å². The fourth-order valence-corrected chi connectivity index (χ4v) is 3.16. The molecule has 140 valence electrons. The lowest BCUT2D eigenvalue weighted by molar-refractivity contribution is -0.121. The molecule has 0 aliphatic heterocycles. The lowest BCUT2D eigenvalue weighted by Gasteiger charge is -2.08. The predicted octanol–water partition coefficient (Wildman–Crippen LogP) is 4.12. The number of carbonyl (C=O) groups excluding carboxylic acids is 1. The SMILES string of the molecule is O=C(CCCCc1ccc(Br)cc1)NCc1cccc(Cn2cncn2)c1. The summed E-state index contributed by atoms with van der Waals surface area (Å²) in [6, 6.07) is 16.5. The molecule has 2 aromatic carbocycles. The van der Waals surface area contributed by atoms with E-state index in [0.29, 0.717) is 19.5 Å². The van der Waals surface area contributed by atoms with E-state index in [1.165, 1.54) is 11.9 Å². The summed E-state index contributed by atoms with van der Waals surface area (Å²) in [6.45, 7) is 1.23. The molecule has 1 N–H and O–H groups in total. The summed E-state index contributed by atoms with van der Waals surface area (Å²) in [4.78, 5) is 16.0. The number of halogens is 1. The monoisotopic (exact) mass is 426 g/mol. The highest BCUT2D eigenvalue weighted by atomic mass is 79.9. The van der Waals surface area contributed by atoms with Gasteiger partial charge in [0.1, 0.15) is 12.7 Å². The molecule has 5 nitrogen and oxygen atoms in total. The summed E-state index contributed by atoms with van der Waals surface area (Å²) < 4.78 is 2.87. The maximum absolute atomic E-state index is 12.1. The second-order valence-electron chi connectivity index (χ2n) is 6.52. The Morgan fingerprint density at radius 1 is 1.04 bits per heavy atom. The van der Waals surface area contributed by atoms with E-state index in [0.717, 1.165) is 34.9 Å². The Bertz CT molecular complexity index is 847. The summed E-state index contributed by atoms with van der Waals surface area (Å²) in [6.07, 6.45) is 6.71. The number of aryl methyl sites for hydroxylation is 1. The van der Waals surface area contributed by atoms with Crippen molar-refractivity contribution in [2.45, 2.75) is 38.8 Å².